The van der Waals surface area contributed by atoms with Crippen LogP contribution >= 0.6 is 15.9 Å². The Kier molecular flexibility index (Phi) is 2.52. The Morgan fingerprint density at radius 1 is 1.67 bits per heavy atom. The highest BCUT2D eigenvalue weighted by molar-refractivity contribution is 9.11. The van der Waals surface area contributed by atoms with Crippen molar-refractivity contribution in [3.8, 4) is 0 Å². The first-order valence-electron chi connectivity index (χ1n) is 3.38. The maximum atomic E-state index is 3.45. The molecule has 0 heterocycles. The molecule has 1 aliphatic carbocycles. The molecular weight excluding hydrogens is 176 g/mol. The molecule has 0 nitrogen and oxygen atoms in total. The smallest absolute Gasteiger partial charge is 0.0135 e. The molecule has 0 unspecified atom stereocenters. The van der Waals surface area contributed by atoms with E-state index in [9.17, 15) is 0 Å². The van der Waals surface area contributed by atoms with Gasteiger partial charge in [0.15, 0.2) is 0 Å². The second kappa shape index (κ2) is 3.21. The molecule has 0 aromatic carbocycles. The van der Waals surface area contributed by atoms with Gasteiger partial charge in [0.05, 0.1) is 0 Å². The normalized spacial score (nSPS) is 18.9. The van der Waals surface area contributed by atoms with Crippen LogP contribution in [-0.4, -0.2) is 0 Å². The van der Waals surface area contributed by atoms with Crippen molar-refractivity contribution in [1.29, 1.82) is 0 Å². The van der Waals surface area contributed by atoms with Gasteiger partial charge < -0.3 is 0 Å². The lowest BCUT2D eigenvalue weighted by molar-refractivity contribution is 0.893. The minimum Gasteiger partial charge on any atom is -0.0699 e. The molecule has 0 aliphatic heterocycles. The number of rotatable bonds is 1. The molecule has 0 saturated carbocycles. The monoisotopic (exact) mass is 186 g/mol. The predicted molar refractivity (Wildman–Crippen MR) is 44.6 cm³/mol. The highest BCUT2D eigenvalue weighted by atomic mass is 79.9. The van der Waals surface area contributed by atoms with Gasteiger partial charge in [0.2, 0.25) is 0 Å². The van der Waals surface area contributed by atoms with E-state index in [1.165, 1.54) is 23.7 Å². The SMILES string of the molecule is CCC1=CC(Br)=CCC1. The van der Waals surface area contributed by atoms with Crippen LogP contribution in [0.1, 0.15) is 26.2 Å². The summed E-state index contributed by atoms with van der Waals surface area (Å²) in [4.78, 5) is 0. The Balaban J connectivity index is 2.63. The summed E-state index contributed by atoms with van der Waals surface area (Å²) in [7, 11) is 0. The fourth-order valence-corrected chi connectivity index (χ4v) is 1.55. The molecule has 0 radical (unpaired) electrons. The molecule has 0 spiro atoms. The van der Waals surface area contributed by atoms with Crippen molar-refractivity contribution in [3.05, 3.63) is 22.2 Å². The highest BCUT2D eigenvalue weighted by Gasteiger charge is 1.99. The van der Waals surface area contributed by atoms with Crippen molar-refractivity contribution in [2.75, 3.05) is 0 Å². The van der Waals surface area contributed by atoms with Gasteiger partial charge in [-0.25, -0.2) is 0 Å². The van der Waals surface area contributed by atoms with E-state index in [0.717, 1.165) is 0 Å². The van der Waals surface area contributed by atoms with Gasteiger partial charge in [-0.15, -0.1) is 0 Å². The summed E-state index contributed by atoms with van der Waals surface area (Å²) in [5.74, 6) is 0. The molecule has 0 saturated heterocycles. The minimum absolute atomic E-state index is 1.20. The topological polar surface area (TPSA) is 0 Å². The number of hydrogen-bond acceptors (Lipinski definition) is 0. The third kappa shape index (κ3) is 1.98. The van der Waals surface area contributed by atoms with Crippen LogP contribution in [0.5, 0.6) is 0 Å². The van der Waals surface area contributed by atoms with E-state index in [2.05, 4.69) is 35.0 Å². The lowest BCUT2D eigenvalue weighted by Gasteiger charge is -2.06. The highest BCUT2D eigenvalue weighted by Crippen LogP contribution is 2.22. The Labute approximate surface area is 64.8 Å². The van der Waals surface area contributed by atoms with Gasteiger partial charge in [0.1, 0.15) is 0 Å². The van der Waals surface area contributed by atoms with Crippen LogP contribution in [0.3, 0.4) is 0 Å². The summed E-state index contributed by atoms with van der Waals surface area (Å²) in [6, 6.07) is 0. The molecule has 0 aromatic heterocycles. The second-order valence-electron chi connectivity index (χ2n) is 2.28. The maximum Gasteiger partial charge on any atom is 0.0135 e. The van der Waals surface area contributed by atoms with Crippen molar-refractivity contribution >= 4 is 15.9 Å². The fraction of sp³-hybridized carbons (Fsp3) is 0.500. The maximum absolute atomic E-state index is 3.45. The second-order valence-corrected chi connectivity index (χ2v) is 3.20. The van der Waals surface area contributed by atoms with Crippen LogP contribution in [-0.2, 0) is 0 Å². The van der Waals surface area contributed by atoms with Gasteiger partial charge in [0.25, 0.3) is 0 Å². The number of halogens is 1. The fourth-order valence-electron chi connectivity index (χ4n) is 1.00. The van der Waals surface area contributed by atoms with E-state index in [1.807, 2.05) is 0 Å². The van der Waals surface area contributed by atoms with Crippen LogP contribution in [0.15, 0.2) is 22.2 Å². The van der Waals surface area contributed by atoms with Gasteiger partial charge in [0, 0.05) is 4.48 Å². The molecule has 1 heteroatoms. The van der Waals surface area contributed by atoms with Crippen molar-refractivity contribution in [3.63, 3.8) is 0 Å². The van der Waals surface area contributed by atoms with E-state index in [1.54, 1.807) is 5.57 Å². The van der Waals surface area contributed by atoms with E-state index >= 15 is 0 Å². The first kappa shape index (κ1) is 7.07. The van der Waals surface area contributed by atoms with Crippen molar-refractivity contribution < 1.29 is 0 Å². The first-order chi connectivity index (χ1) is 4.33. The first-order valence-corrected chi connectivity index (χ1v) is 4.17. The zero-order chi connectivity index (χ0) is 6.69. The standard InChI is InChI=1S/C8H11Br/c1-2-7-4-3-5-8(9)6-7/h5-6H,2-4H2,1H3. The molecule has 1 rings (SSSR count). The Hall–Kier alpha value is -0.0400. The van der Waals surface area contributed by atoms with Crippen LogP contribution in [0.2, 0.25) is 0 Å². The Morgan fingerprint density at radius 3 is 2.89 bits per heavy atom. The molecular formula is C8H11Br. The summed E-state index contributed by atoms with van der Waals surface area (Å²) in [5, 5.41) is 0. The van der Waals surface area contributed by atoms with E-state index in [4.69, 9.17) is 0 Å². The van der Waals surface area contributed by atoms with Crippen molar-refractivity contribution in [1.82, 2.24) is 0 Å². The lowest BCUT2D eigenvalue weighted by atomic mass is 10.0. The van der Waals surface area contributed by atoms with Gasteiger partial charge in [-0.2, -0.15) is 0 Å². The van der Waals surface area contributed by atoms with Crippen molar-refractivity contribution in [2.24, 2.45) is 0 Å². The van der Waals surface area contributed by atoms with Crippen LogP contribution in [0.25, 0.3) is 0 Å². The summed E-state index contributed by atoms with van der Waals surface area (Å²) >= 11 is 3.45. The van der Waals surface area contributed by atoms with Gasteiger partial charge in [-0.1, -0.05) is 34.5 Å². The molecule has 0 N–H and O–H groups in total. The predicted octanol–water partition coefficient (Wildman–Crippen LogP) is 3.40. The Morgan fingerprint density at radius 2 is 2.44 bits per heavy atom. The minimum atomic E-state index is 1.20. The number of hydrogen-bond donors (Lipinski definition) is 0. The molecule has 50 valence electrons. The third-order valence-corrected chi connectivity index (χ3v) is 2.15. The Bertz CT molecular complexity index is 154. The zero-order valence-electron chi connectivity index (χ0n) is 5.65. The summed E-state index contributed by atoms with van der Waals surface area (Å²) in [5.41, 5.74) is 1.56. The molecule has 0 aromatic rings. The van der Waals surface area contributed by atoms with Crippen LogP contribution < -0.4 is 0 Å². The van der Waals surface area contributed by atoms with Gasteiger partial charge >= 0.3 is 0 Å². The molecule has 0 bridgehead atoms. The zero-order valence-corrected chi connectivity index (χ0v) is 7.24. The van der Waals surface area contributed by atoms with E-state index in [-0.39, 0.29) is 0 Å². The van der Waals surface area contributed by atoms with Crippen LogP contribution in [0.4, 0.5) is 0 Å². The molecule has 0 fully saturated rings. The largest absolute Gasteiger partial charge is 0.0699 e. The molecule has 0 amide bonds. The van der Waals surface area contributed by atoms with Gasteiger partial charge in [-0.05, 0) is 25.3 Å². The van der Waals surface area contributed by atoms with E-state index in [0.29, 0.717) is 0 Å². The molecule has 0 atom stereocenters. The third-order valence-electron chi connectivity index (χ3n) is 1.60. The summed E-state index contributed by atoms with van der Waals surface area (Å²) in [6.45, 7) is 2.21. The van der Waals surface area contributed by atoms with Crippen LogP contribution in [0, 0.1) is 0 Å². The lowest BCUT2D eigenvalue weighted by Crippen LogP contribution is -1.86. The summed E-state index contributed by atoms with van der Waals surface area (Å²) < 4.78 is 1.26. The van der Waals surface area contributed by atoms with E-state index < -0.39 is 0 Å². The van der Waals surface area contributed by atoms with Gasteiger partial charge in [-0.3, -0.25) is 0 Å². The summed E-state index contributed by atoms with van der Waals surface area (Å²) in [6.07, 6.45) is 8.11. The average Bonchev–Trinajstić information content (AvgIpc) is 1.88. The average molecular weight is 187 g/mol. The quantitative estimate of drug-likeness (QED) is 0.590. The molecule has 1 aliphatic rings. The van der Waals surface area contributed by atoms with Crippen molar-refractivity contribution in [2.45, 2.75) is 26.2 Å². The molecule has 9 heavy (non-hydrogen) atoms. The number of allylic oxidation sites excluding steroid dienone is 4.